The van der Waals surface area contributed by atoms with Crippen molar-refractivity contribution in [3.8, 4) is 0 Å². The van der Waals surface area contributed by atoms with Gasteiger partial charge in [0.05, 0.1) is 25.4 Å². The minimum absolute atomic E-state index is 0.00684. The highest BCUT2D eigenvalue weighted by Crippen LogP contribution is 2.17. The molecule has 0 fully saturated rings. The van der Waals surface area contributed by atoms with Crippen molar-refractivity contribution in [3.63, 3.8) is 0 Å². The number of esters is 1. The third-order valence-corrected chi connectivity index (χ3v) is 13.7. The van der Waals surface area contributed by atoms with Crippen molar-refractivity contribution in [3.05, 3.63) is 24.3 Å². The zero-order valence-corrected chi connectivity index (χ0v) is 44.4. The molecule has 6 heteroatoms. The molecule has 6 nitrogen and oxygen atoms in total. The van der Waals surface area contributed by atoms with Crippen molar-refractivity contribution in [2.75, 3.05) is 13.2 Å². The number of hydrogen-bond acceptors (Lipinski definition) is 5. The van der Waals surface area contributed by atoms with E-state index in [2.05, 4.69) is 43.5 Å². The molecule has 0 rings (SSSR count). The fourth-order valence-corrected chi connectivity index (χ4v) is 9.15. The van der Waals surface area contributed by atoms with Crippen molar-refractivity contribution in [2.45, 2.75) is 334 Å². The molecular weight excluding hydrogens is 815 g/mol. The second-order valence-electron chi connectivity index (χ2n) is 20.3. The second-order valence-corrected chi connectivity index (χ2v) is 20.3. The van der Waals surface area contributed by atoms with Gasteiger partial charge in [-0.2, -0.15) is 0 Å². The van der Waals surface area contributed by atoms with E-state index in [0.717, 1.165) is 44.9 Å². The molecule has 2 atom stereocenters. The number of rotatable bonds is 55. The molecule has 390 valence electrons. The Balaban J connectivity index is 3.45. The summed E-state index contributed by atoms with van der Waals surface area (Å²) < 4.78 is 5.45. The molecule has 0 aliphatic carbocycles. The van der Waals surface area contributed by atoms with Crippen LogP contribution in [0.2, 0.25) is 0 Å². The SMILES string of the molecule is CCCC/C=C\CCCCCCCC(=O)OCCCCCCCCCC/C=C\CCCCCCCCCC(=O)NC(CO)C(O)CCCCCCCCCCCCCCCCCCCCC. The van der Waals surface area contributed by atoms with Gasteiger partial charge in [0.25, 0.3) is 0 Å². The molecule has 1 amide bonds. The number of aliphatic hydroxyl groups excluding tert-OH is 2. The third-order valence-electron chi connectivity index (χ3n) is 13.7. The average molecular weight is 931 g/mol. The Morgan fingerprint density at radius 1 is 0.409 bits per heavy atom. The van der Waals surface area contributed by atoms with Crippen molar-refractivity contribution in [1.29, 1.82) is 0 Å². The van der Waals surface area contributed by atoms with Crippen LogP contribution in [-0.4, -0.2) is 47.4 Å². The molecule has 0 aromatic rings. The van der Waals surface area contributed by atoms with Gasteiger partial charge in [-0.15, -0.1) is 0 Å². The normalized spacial score (nSPS) is 12.7. The monoisotopic (exact) mass is 930 g/mol. The van der Waals surface area contributed by atoms with Crippen LogP contribution in [0.1, 0.15) is 322 Å². The number of allylic oxidation sites excluding steroid dienone is 4. The molecule has 0 aliphatic heterocycles. The number of hydrogen-bond donors (Lipinski definition) is 3. The fraction of sp³-hybridized carbons (Fsp3) is 0.900. The van der Waals surface area contributed by atoms with Crippen LogP contribution in [0.3, 0.4) is 0 Å². The number of nitrogens with one attached hydrogen (secondary N) is 1. The maximum Gasteiger partial charge on any atom is 0.305 e. The molecule has 0 radical (unpaired) electrons. The van der Waals surface area contributed by atoms with Crippen LogP contribution in [0.5, 0.6) is 0 Å². The van der Waals surface area contributed by atoms with Gasteiger partial charge in [-0.25, -0.2) is 0 Å². The smallest absolute Gasteiger partial charge is 0.305 e. The largest absolute Gasteiger partial charge is 0.466 e. The Bertz CT molecular complexity index is 1030. The number of ether oxygens (including phenoxy) is 1. The highest BCUT2D eigenvalue weighted by atomic mass is 16.5. The maximum atomic E-state index is 12.5. The molecule has 0 aliphatic rings. The Hall–Kier alpha value is -1.66. The summed E-state index contributed by atoms with van der Waals surface area (Å²) in [6.45, 7) is 4.92. The van der Waals surface area contributed by atoms with Gasteiger partial charge in [-0.1, -0.05) is 263 Å². The summed E-state index contributed by atoms with van der Waals surface area (Å²) in [6.07, 6.45) is 67.4. The van der Waals surface area contributed by atoms with E-state index in [9.17, 15) is 19.8 Å². The van der Waals surface area contributed by atoms with Crippen molar-refractivity contribution in [2.24, 2.45) is 0 Å². The summed E-state index contributed by atoms with van der Waals surface area (Å²) in [5.74, 6) is -0.0491. The standard InChI is InChI=1S/C60H115NO5/c1-3-5-7-9-11-13-15-16-17-18-20-23-26-29-33-36-40-44-48-52-58(63)57(56-62)61-59(64)53-49-45-41-37-34-30-27-24-21-19-22-25-28-31-35-39-43-47-51-55-66-60(65)54-50-46-42-38-32-14-12-10-8-6-4-2/h10,12,19,21,57-58,62-63H,3-9,11,13-18,20,22-56H2,1-2H3,(H,61,64)/b12-10-,21-19-. The zero-order chi connectivity index (χ0) is 47.9. The number of unbranched alkanes of at least 4 members (excludes halogenated alkanes) is 40. The Kier molecular flexibility index (Phi) is 54.5. The van der Waals surface area contributed by atoms with Crippen LogP contribution in [0.4, 0.5) is 0 Å². The first-order valence-corrected chi connectivity index (χ1v) is 29.6. The fourth-order valence-electron chi connectivity index (χ4n) is 9.15. The molecular formula is C60H115NO5. The predicted molar refractivity (Wildman–Crippen MR) is 287 cm³/mol. The van der Waals surface area contributed by atoms with Gasteiger partial charge in [0, 0.05) is 12.8 Å². The lowest BCUT2D eigenvalue weighted by Gasteiger charge is -2.22. The van der Waals surface area contributed by atoms with Crippen LogP contribution in [0.25, 0.3) is 0 Å². The minimum Gasteiger partial charge on any atom is -0.466 e. The van der Waals surface area contributed by atoms with Gasteiger partial charge in [-0.05, 0) is 70.6 Å². The summed E-state index contributed by atoms with van der Waals surface area (Å²) in [6, 6.07) is -0.549. The maximum absolute atomic E-state index is 12.5. The quantitative estimate of drug-likeness (QED) is 0.0321. The Morgan fingerprint density at radius 3 is 1.12 bits per heavy atom. The van der Waals surface area contributed by atoms with Gasteiger partial charge in [0.2, 0.25) is 5.91 Å². The van der Waals surface area contributed by atoms with Crippen LogP contribution in [0.15, 0.2) is 24.3 Å². The molecule has 0 aromatic carbocycles. The van der Waals surface area contributed by atoms with Crippen molar-refractivity contribution < 1.29 is 24.5 Å². The number of carbonyl (C=O) groups is 2. The van der Waals surface area contributed by atoms with E-state index in [1.807, 2.05) is 0 Å². The van der Waals surface area contributed by atoms with Crippen LogP contribution >= 0.6 is 0 Å². The van der Waals surface area contributed by atoms with E-state index in [1.54, 1.807) is 0 Å². The third kappa shape index (κ3) is 51.7. The van der Waals surface area contributed by atoms with E-state index in [4.69, 9.17) is 4.74 Å². The van der Waals surface area contributed by atoms with Gasteiger partial charge in [-0.3, -0.25) is 9.59 Å². The van der Waals surface area contributed by atoms with Crippen LogP contribution < -0.4 is 5.32 Å². The molecule has 0 spiro atoms. The predicted octanol–water partition coefficient (Wildman–Crippen LogP) is 18.2. The van der Waals surface area contributed by atoms with Crippen molar-refractivity contribution >= 4 is 11.9 Å². The lowest BCUT2D eigenvalue weighted by molar-refractivity contribution is -0.143. The Morgan fingerprint density at radius 2 is 0.727 bits per heavy atom. The van der Waals surface area contributed by atoms with E-state index in [-0.39, 0.29) is 18.5 Å². The number of amides is 1. The number of carbonyl (C=O) groups excluding carboxylic acids is 2. The highest BCUT2D eigenvalue weighted by Gasteiger charge is 2.20. The summed E-state index contributed by atoms with van der Waals surface area (Å²) in [5.41, 5.74) is 0. The van der Waals surface area contributed by atoms with Crippen molar-refractivity contribution in [1.82, 2.24) is 5.32 Å². The summed E-state index contributed by atoms with van der Waals surface area (Å²) in [5, 5.41) is 23.3. The lowest BCUT2D eigenvalue weighted by Crippen LogP contribution is -2.45. The molecule has 0 saturated heterocycles. The van der Waals surface area contributed by atoms with E-state index in [1.165, 1.54) is 244 Å². The lowest BCUT2D eigenvalue weighted by atomic mass is 10.0. The molecule has 3 N–H and O–H groups in total. The summed E-state index contributed by atoms with van der Waals surface area (Å²) in [4.78, 5) is 24.5. The first-order valence-electron chi connectivity index (χ1n) is 29.6. The second kappa shape index (κ2) is 55.9. The summed E-state index contributed by atoms with van der Waals surface area (Å²) in [7, 11) is 0. The number of aliphatic hydroxyl groups is 2. The highest BCUT2D eigenvalue weighted by molar-refractivity contribution is 5.76. The first kappa shape index (κ1) is 64.3. The molecule has 66 heavy (non-hydrogen) atoms. The average Bonchev–Trinajstić information content (AvgIpc) is 3.32. The van der Waals surface area contributed by atoms with Gasteiger partial charge in [0.1, 0.15) is 0 Å². The summed E-state index contributed by atoms with van der Waals surface area (Å²) >= 11 is 0. The van der Waals surface area contributed by atoms with E-state index >= 15 is 0 Å². The zero-order valence-electron chi connectivity index (χ0n) is 44.4. The van der Waals surface area contributed by atoms with E-state index < -0.39 is 12.1 Å². The minimum atomic E-state index is -0.671. The van der Waals surface area contributed by atoms with Gasteiger partial charge >= 0.3 is 5.97 Å². The first-order chi connectivity index (χ1) is 32.5. The van der Waals surface area contributed by atoms with Gasteiger partial charge in [0.15, 0.2) is 0 Å². The topological polar surface area (TPSA) is 95.9 Å². The Labute approximate surface area is 411 Å². The molecule has 0 aromatic heterocycles. The van der Waals surface area contributed by atoms with Crippen LogP contribution in [-0.2, 0) is 14.3 Å². The van der Waals surface area contributed by atoms with E-state index in [0.29, 0.717) is 25.9 Å². The van der Waals surface area contributed by atoms with Crippen LogP contribution in [0, 0.1) is 0 Å². The molecule has 2 unspecified atom stereocenters. The van der Waals surface area contributed by atoms with Gasteiger partial charge < -0.3 is 20.3 Å². The molecule has 0 saturated carbocycles. The molecule has 0 bridgehead atoms. The molecule has 0 heterocycles.